The van der Waals surface area contributed by atoms with Crippen LogP contribution in [0.2, 0.25) is 5.15 Å². The van der Waals surface area contributed by atoms with Crippen molar-refractivity contribution in [1.82, 2.24) is 4.37 Å². The molecule has 1 aromatic heterocycles. The van der Waals surface area contributed by atoms with Crippen LogP contribution in [0.4, 0.5) is 5.00 Å². The molecule has 2 rings (SSSR count). The Morgan fingerprint density at radius 2 is 2.08 bits per heavy atom. The first-order chi connectivity index (χ1) is 11.3. The second-order valence-corrected chi connectivity index (χ2v) is 7.34. The average Bonchev–Trinajstić information content (AvgIpc) is 2.86. The lowest BCUT2D eigenvalue weighted by Crippen LogP contribution is -2.38. The predicted molar refractivity (Wildman–Crippen MR) is 95.2 cm³/mol. The van der Waals surface area contributed by atoms with Crippen molar-refractivity contribution in [1.29, 1.82) is 5.26 Å². The smallest absolute Gasteiger partial charge is 0.329 e. The number of carbonyl (C=O) groups excluding carboxylic acids is 1. The van der Waals surface area contributed by atoms with E-state index in [2.05, 4.69) is 9.69 Å². The largest absolute Gasteiger partial charge is 0.458 e. The van der Waals surface area contributed by atoms with Crippen LogP contribution in [0, 0.1) is 11.3 Å². The summed E-state index contributed by atoms with van der Waals surface area (Å²) < 4.78 is 9.44. The number of benzene rings is 1. The van der Waals surface area contributed by atoms with Gasteiger partial charge in [-0.1, -0.05) is 41.9 Å². The van der Waals surface area contributed by atoms with Crippen LogP contribution in [-0.2, 0) is 16.0 Å². The number of carbonyl (C=O) groups is 1. The van der Waals surface area contributed by atoms with E-state index in [9.17, 15) is 10.1 Å². The van der Waals surface area contributed by atoms with Crippen molar-refractivity contribution in [2.45, 2.75) is 38.8 Å². The van der Waals surface area contributed by atoms with Gasteiger partial charge < -0.3 is 10.1 Å². The lowest BCUT2D eigenvalue weighted by Gasteiger charge is -2.24. The first kappa shape index (κ1) is 18.2. The summed E-state index contributed by atoms with van der Waals surface area (Å²) in [7, 11) is 0. The van der Waals surface area contributed by atoms with Crippen LogP contribution in [0.1, 0.15) is 31.9 Å². The molecule has 126 valence electrons. The highest BCUT2D eigenvalue weighted by molar-refractivity contribution is 7.10. The summed E-state index contributed by atoms with van der Waals surface area (Å²) in [5.74, 6) is -0.389. The van der Waals surface area contributed by atoms with Gasteiger partial charge in [-0.2, -0.15) is 9.64 Å². The molecule has 0 aliphatic carbocycles. The lowest BCUT2D eigenvalue weighted by molar-refractivity contribution is -0.155. The molecule has 7 heteroatoms. The second kappa shape index (κ2) is 7.65. The molecule has 0 bridgehead atoms. The molecule has 0 fully saturated rings. The number of ether oxygens (including phenoxy) is 1. The SMILES string of the molecule is CC(C)(C)OC(=O)[C@@H](Cc1ccccc1)Nc1snc(Cl)c1C#N. The van der Waals surface area contributed by atoms with Crippen LogP contribution in [0.5, 0.6) is 0 Å². The Balaban J connectivity index is 2.25. The van der Waals surface area contributed by atoms with Crippen LogP contribution in [-0.4, -0.2) is 22.0 Å². The summed E-state index contributed by atoms with van der Waals surface area (Å²) in [6.07, 6.45) is 0.427. The second-order valence-electron chi connectivity index (χ2n) is 6.21. The van der Waals surface area contributed by atoms with Crippen molar-refractivity contribution < 1.29 is 9.53 Å². The highest BCUT2D eigenvalue weighted by Crippen LogP contribution is 2.29. The minimum absolute atomic E-state index is 0.132. The number of nitriles is 1. The first-order valence-corrected chi connectivity index (χ1v) is 8.54. The zero-order valence-corrected chi connectivity index (χ0v) is 15.2. The van der Waals surface area contributed by atoms with Gasteiger partial charge in [-0.25, -0.2) is 4.79 Å². The minimum Gasteiger partial charge on any atom is -0.458 e. The predicted octanol–water partition coefficient (Wildman–Crippen LogP) is 4.03. The Hall–Kier alpha value is -2.10. The molecule has 0 radical (unpaired) electrons. The molecular formula is C17H18ClN3O2S. The van der Waals surface area contributed by atoms with Crippen molar-refractivity contribution in [3.8, 4) is 6.07 Å². The van der Waals surface area contributed by atoms with Crippen LogP contribution >= 0.6 is 23.1 Å². The summed E-state index contributed by atoms with van der Waals surface area (Å²) >= 11 is 6.95. The monoisotopic (exact) mass is 363 g/mol. The van der Waals surface area contributed by atoms with E-state index < -0.39 is 11.6 Å². The number of hydrogen-bond donors (Lipinski definition) is 1. The summed E-state index contributed by atoms with van der Waals surface area (Å²) in [5, 5.41) is 12.9. The number of hydrogen-bond acceptors (Lipinski definition) is 6. The summed E-state index contributed by atoms with van der Waals surface area (Å²) in [6.45, 7) is 5.44. The van der Waals surface area contributed by atoms with E-state index >= 15 is 0 Å². The molecule has 0 spiro atoms. The van der Waals surface area contributed by atoms with Gasteiger partial charge in [0, 0.05) is 6.42 Å². The van der Waals surface area contributed by atoms with E-state index in [1.165, 1.54) is 0 Å². The van der Waals surface area contributed by atoms with Crippen molar-refractivity contribution in [2.24, 2.45) is 0 Å². The third kappa shape index (κ3) is 4.95. The summed E-state index contributed by atoms with van der Waals surface area (Å²) in [4.78, 5) is 12.6. The Morgan fingerprint density at radius 3 is 2.67 bits per heavy atom. The van der Waals surface area contributed by atoms with E-state index in [1.807, 2.05) is 57.2 Å². The standard InChI is InChI=1S/C17H18ClN3O2S/c1-17(2,3)23-16(22)13(9-11-7-5-4-6-8-11)20-15-12(10-19)14(18)21-24-15/h4-8,13,20H,9H2,1-3H3/t13-/m1/s1. The molecule has 0 saturated heterocycles. The van der Waals surface area contributed by atoms with Crippen molar-refractivity contribution in [3.05, 3.63) is 46.6 Å². The maximum Gasteiger partial charge on any atom is 0.329 e. The Labute approximate surface area is 150 Å². The maximum atomic E-state index is 12.6. The van der Waals surface area contributed by atoms with Gasteiger partial charge in [0.2, 0.25) is 0 Å². The van der Waals surface area contributed by atoms with Crippen molar-refractivity contribution in [2.75, 3.05) is 5.32 Å². The molecule has 2 aromatic rings. The van der Waals surface area contributed by atoms with E-state index in [-0.39, 0.29) is 16.7 Å². The summed E-state index contributed by atoms with van der Waals surface area (Å²) in [6, 6.07) is 11.0. The third-order valence-electron chi connectivity index (χ3n) is 3.04. The van der Waals surface area contributed by atoms with Gasteiger partial charge in [-0.15, -0.1) is 0 Å². The van der Waals surface area contributed by atoms with E-state index in [1.54, 1.807) is 0 Å². The molecule has 0 unspecified atom stereocenters. The molecule has 0 aliphatic heterocycles. The average molecular weight is 364 g/mol. The molecule has 1 atom stereocenters. The highest BCUT2D eigenvalue weighted by Gasteiger charge is 2.27. The van der Waals surface area contributed by atoms with Gasteiger partial charge in [0.25, 0.3) is 0 Å². The van der Waals surface area contributed by atoms with Gasteiger partial charge in [-0.3, -0.25) is 0 Å². The molecule has 1 aromatic carbocycles. The van der Waals surface area contributed by atoms with Crippen molar-refractivity contribution in [3.63, 3.8) is 0 Å². The van der Waals surface area contributed by atoms with Gasteiger partial charge in [0.1, 0.15) is 28.3 Å². The van der Waals surface area contributed by atoms with E-state index in [0.717, 1.165) is 17.1 Å². The lowest BCUT2D eigenvalue weighted by atomic mass is 10.1. The highest BCUT2D eigenvalue weighted by atomic mass is 35.5. The molecule has 1 N–H and O–H groups in total. The Morgan fingerprint density at radius 1 is 1.42 bits per heavy atom. The number of nitrogens with one attached hydrogen (secondary N) is 1. The topological polar surface area (TPSA) is 75.0 Å². The Kier molecular flexibility index (Phi) is 5.81. The Bertz CT molecular complexity index is 747. The molecule has 0 amide bonds. The number of nitrogens with zero attached hydrogens (tertiary/aromatic N) is 2. The van der Waals surface area contributed by atoms with Crippen LogP contribution in [0.15, 0.2) is 30.3 Å². The van der Waals surface area contributed by atoms with Gasteiger partial charge in [0.15, 0.2) is 5.15 Å². The molecule has 5 nitrogen and oxygen atoms in total. The maximum absolute atomic E-state index is 12.6. The number of esters is 1. The van der Waals surface area contributed by atoms with E-state index in [0.29, 0.717) is 11.4 Å². The molecule has 24 heavy (non-hydrogen) atoms. The fourth-order valence-electron chi connectivity index (χ4n) is 2.04. The molecule has 1 heterocycles. The van der Waals surface area contributed by atoms with Crippen LogP contribution in [0.25, 0.3) is 0 Å². The molecule has 0 saturated carbocycles. The fraction of sp³-hybridized carbons (Fsp3) is 0.353. The fourth-order valence-corrected chi connectivity index (χ4v) is 3.03. The zero-order chi connectivity index (χ0) is 17.7. The van der Waals surface area contributed by atoms with Crippen LogP contribution in [0.3, 0.4) is 0 Å². The zero-order valence-electron chi connectivity index (χ0n) is 13.7. The quantitative estimate of drug-likeness (QED) is 0.811. The van der Waals surface area contributed by atoms with Gasteiger partial charge in [-0.05, 0) is 37.9 Å². The van der Waals surface area contributed by atoms with Gasteiger partial charge >= 0.3 is 5.97 Å². The number of aromatic nitrogens is 1. The molecule has 0 aliphatic rings. The van der Waals surface area contributed by atoms with Crippen LogP contribution < -0.4 is 5.32 Å². The van der Waals surface area contributed by atoms with E-state index in [4.69, 9.17) is 16.3 Å². The van der Waals surface area contributed by atoms with Gasteiger partial charge in [0.05, 0.1) is 0 Å². The van der Waals surface area contributed by atoms with Crippen molar-refractivity contribution >= 4 is 34.1 Å². The first-order valence-electron chi connectivity index (χ1n) is 7.39. The minimum atomic E-state index is -0.643. The number of rotatable bonds is 5. The molecular weight excluding hydrogens is 346 g/mol. The third-order valence-corrected chi connectivity index (χ3v) is 4.19. The number of halogens is 1. The number of anilines is 1. The normalized spacial score (nSPS) is 12.3. The summed E-state index contributed by atoms with van der Waals surface area (Å²) in [5.41, 5.74) is 0.621.